The molecule has 23 heavy (non-hydrogen) atoms. The van der Waals surface area contributed by atoms with Crippen LogP contribution in [0.25, 0.3) is 0 Å². The van der Waals surface area contributed by atoms with E-state index in [1.54, 1.807) is 6.08 Å². The lowest BCUT2D eigenvalue weighted by molar-refractivity contribution is -0.137. The number of carboxylic acids is 1. The summed E-state index contributed by atoms with van der Waals surface area (Å²) < 4.78 is 0. The summed E-state index contributed by atoms with van der Waals surface area (Å²) in [5.41, 5.74) is 0. The van der Waals surface area contributed by atoms with E-state index in [9.17, 15) is 9.90 Å². The Morgan fingerprint density at radius 2 is 1.65 bits per heavy atom. The van der Waals surface area contributed by atoms with Gasteiger partial charge in [-0.05, 0) is 38.5 Å². The first-order chi connectivity index (χ1) is 11.2. The molecule has 2 N–H and O–H groups in total. The van der Waals surface area contributed by atoms with E-state index in [0.29, 0.717) is 12.8 Å². The fraction of sp³-hybridized carbons (Fsp3) is 0.450. The summed E-state index contributed by atoms with van der Waals surface area (Å²) >= 11 is 0. The molecular weight excluding hydrogens is 288 g/mol. The second-order valence-electron chi connectivity index (χ2n) is 5.20. The summed E-state index contributed by atoms with van der Waals surface area (Å²) in [7, 11) is 0. The number of carboxylic acid groups (broad SMARTS) is 1. The Hall–Kier alpha value is -1.87. The van der Waals surface area contributed by atoms with Crippen molar-refractivity contribution in [3.8, 4) is 0 Å². The van der Waals surface area contributed by atoms with Gasteiger partial charge in [0.25, 0.3) is 0 Å². The molecule has 0 radical (unpaired) electrons. The normalized spacial score (nSPS) is 14.2. The lowest BCUT2D eigenvalue weighted by Gasteiger charge is -1.98. The van der Waals surface area contributed by atoms with E-state index >= 15 is 0 Å². The number of aliphatic hydroxyl groups excluding tert-OH is 1. The summed E-state index contributed by atoms with van der Waals surface area (Å²) in [6, 6.07) is 0. The fourth-order valence-electron chi connectivity index (χ4n) is 1.77. The third kappa shape index (κ3) is 18.1. The van der Waals surface area contributed by atoms with Crippen molar-refractivity contribution in [2.24, 2.45) is 0 Å². The van der Waals surface area contributed by atoms with Crippen molar-refractivity contribution in [2.75, 3.05) is 0 Å². The molecule has 0 fully saturated rings. The van der Waals surface area contributed by atoms with Crippen LogP contribution < -0.4 is 0 Å². The smallest absolute Gasteiger partial charge is 0.303 e. The first kappa shape index (κ1) is 21.1. The molecule has 0 unspecified atom stereocenters. The van der Waals surface area contributed by atoms with Gasteiger partial charge in [0.1, 0.15) is 0 Å². The summed E-state index contributed by atoms with van der Waals surface area (Å²) in [6.07, 6.45) is 24.6. The Bertz CT molecular complexity index is 428. The van der Waals surface area contributed by atoms with Crippen molar-refractivity contribution >= 4 is 5.97 Å². The molecule has 0 saturated heterocycles. The lowest BCUT2D eigenvalue weighted by atomic mass is 10.2. The maximum absolute atomic E-state index is 10.3. The average Bonchev–Trinajstić information content (AvgIpc) is 2.52. The second-order valence-corrected chi connectivity index (χ2v) is 5.20. The first-order valence-corrected chi connectivity index (χ1v) is 8.35. The van der Waals surface area contributed by atoms with E-state index in [0.717, 1.165) is 25.7 Å². The molecule has 0 amide bonds. The SMILES string of the molecule is CC/C=C/C/C=C/C[C@H](O)/C=C/C=C/C/C=C\CCCC(=O)O. The summed E-state index contributed by atoms with van der Waals surface area (Å²) in [5.74, 6) is -0.741. The number of rotatable bonds is 13. The van der Waals surface area contributed by atoms with Crippen molar-refractivity contribution in [2.45, 2.75) is 58.0 Å². The van der Waals surface area contributed by atoms with E-state index in [2.05, 4.69) is 25.2 Å². The van der Waals surface area contributed by atoms with E-state index in [1.165, 1.54) is 0 Å². The van der Waals surface area contributed by atoms with E-state index in [-0.39, 0.29) is 6.42 Å². The van der Waals surface area contributed by atoms with Gasteiger partial charge in [-0.25, -0.2) is 0 Å². The molecule has 0 rings (SSSR count). The molecule has 0 aliphatic carbocycles. The van der Waals surface area contributed by atoms with Gasteiger partial charge in [-0.1, -0.05) is 67.7 Å². The van der Waals surface area contributed by atoms with Crippen molar-refractivity contribution in [1.29, 1.82) is 0 Å². The maximum atomic E-state index is 10.3. The Labute approximate surface area is 140 Å². The molecule has 0 heterocycles. The van der Waals surface area contributed by atoms with Crippen LogP contribution in [0, 0.1) is 0 Å². The number of aliphatic hydroxyl groups is 1. The zero-order chi connectivity index (χ0) is 17.2. The van der Waals surface area contributed by atoms with Crippen molar-refractivity contribution < 1.29 is 15.0 Å². The molecule has 128 valence electrons. The number of hydrogen-bond acceptors (Lipinski definition) is 2. The average molecular weight is 318 g/mol. The molecule has 1 atom stereocenters. The number of aliphatic carboxylic acids is 1. The van der Waals surface area contributed by atoms with Gasteiger partial charge in [-0.2, -0.15) is 0 Å². The van der Waals surface area contributed by atoms with Crippen LogP contribution >= 0.6 is 0 Å². The first-order valence-electron chi connectivity index (χ1n) is 8.35. The van der Waals surface area contributed by atoms with Crippen LogP contribution in [0.2, 0.25) is 0 Å². The monoisotopic (exact) mass is 318 g/mol. The Balaban J connectivity index is 3.68. The van der Waals surface area contributed by atoms with Crippen LogP contribution in [0.1, 0.15) is 51.9 Å². The highest BCUT2D eigenvalue weighted by atomic mass is 16.4. The molecule has 0 aromatic carbocycles. The molecule has 0 saturated carbocycles. The lowest BCUT2D eigenvalue weighted by Crippen LogP contribution is -1.98. The van der Waals surface area contributed by atoms with Gasteiger partial charge in [0.15, 0.2) is 0 Å². The van der Waals surface area contributed by atoms with Crippen LogP contribution in [0.5, 0.6) is 0 Å². The quantitative estimate of drug-likeness (QED) is 0.286. The molecule has 3 nitrogen and oxygen atoms in total. The predicted octanol–water partition coefficient (Wildman–Crippen LogP) is 4.96. The van der Waals surface area contributed by atoms with Gasteiger partial charge in [-0.3, -0.25) is 4.79 Å². The van der Waals surface area contributed by atoms with Gasteiger partial charge >= 0.3 is 5.97 Å². The number of hydrogen-bond donors (Lipinski definition) is 2. The molecule has 0 spiro atoms. The minimum atomic E-state index is -0.741. The third-order valence-corrected chi connectivity index (χ3v) is 3.00. The third-order valence-electron chi connectivity index (χ3n) is 3.00. The topological polar surface area (TPSA) is 57.5 Å². The van der Waals surface area contributed by atoms with E-state index < -0.39 is 12.1 Å². The summed E-state index contributed by atoms with van der Waals surface area (Å²) in [5, 5.41) is 18.2. The van der Waals surface area contributed by atoms with Crippen molar-refractivity contribution in [1.82, 2.24) is 0 Å². The zero-order valence-electron chi connectivity index (χ0n) is 14.1. The molecule has 0 aliphatic heterocycles. The number of carbonyl (C=O) groups is 1. The van der Waals surface area contributed by atoms with E-state index in [4.69, 9.17) is 5.11 Å². The maximum Gasteiger partial charge on any atom is 0.303 e. The highest BCUT2D eigenvalue weighted by Gasteiger charge is 1.93. The van der Waals surface area contributed by atoms with Crippen LogP contribution in [0.4, 0.5) is 0 Å². The van der Waals surface area contributed by atoms with Crippen LogP contribution in [0.15, 0.2) is 60.8 Å². The minimum Gasteiger partial charge on any atom is -0.481 e. The molecule has 3 heteroatoms. The number of allylic oxidation sites excluding steroid dienone is 8. The second kappa shape index (κ2) is 16.5. The largest absolute Gasteiger partial charge is 0.481 e. The molecule has 0 aliphatic rings. The van der Waals surface area contributed by atoms with Gasteiger partial charge in [0.05, 0.1) is 6.10 Å². The zero-order valence-corrected chi connectivity index (χ0v) is 14.1. The van der Waals surface area contributed by atoms with Crippen molar-refractivity contribution in [3.05, 3.63) is 60.8 Å². The standard InChI is InChI=1S/C20H30O3/c1-2-3-4-5-10-13-16-19(21)17-14-11-8-6-7-9-12-15-18-20(22)23/h3-4,7-11,13-14,17,19,21H,2,5-6,12,15-16,18H2,1H3,(H,22,23)/b4-3+,9-7-,11-8+,13-10+,17-14+/t19-/m0/s1. The van der Waals surface area contributed by atoms with Gasteiger partial charge < -0.3 is 10.2 Å². The molecule has 0 aromatic rings. The van der Waals surface area contributed by atoms with E-state index in [1.807, 2.05) is 36.5 Å². The Kier molecular flexibility index (Phi) is 15.2. The van der Waals surface area contributed by atoms with Gasteiger partial charge in [0.2, 0.25) is 0 Å². The van der Waals surface area contributed by atoms with Crippen LogP contribution in [-0.4, -0.2) is 22.3 Å². The van der Waals surface area contributed by atoms with Gasteiger partial charge in [0, 0.05) is 6.42 Å². The predicted molar refractivity (Wildman–Crippen MR) is 97.3 cm³/mol. The molecule has 0 aromatic heterocycles. The highest BCUT2D eigenvalue weighted by Crippen LogP contribution is 2.00. The molecule has 0 bridgehead atoms. The Morgan fingerprint density at radius 1 is 0.957 bits per heavy atom. The minimum absolute atomic E-state index is 0.226. The fourth-order valence-corrected chi connectivity index (χ4v) is 1.77. The summed E-state index contributed by atoms with van der Waals surface area (Å²) in [4.78, 5) is 10.3. The number of unbranched alkanes of at least 4 members (excludes halogenated alkanes) is 1. The van der Waals surface area contributed by atoms with Crippen molar-refractivity contribution in [3.63, 3.8) is 0 Å². The summed E-state index contributed by atoms with van der Waals surface area (Å²) in [6.45, 7) is 2.11. The molecular formula is C20H30O3. The van der Waals surface area contributed by atoms with Crippen LogP contribution in [0.3, 0.4) is 0 Å². The Morgan fingerprint density at radius 3 is 2.39 bits per heavy atom. The van der Waals surface area contributed by atoms with Gasteiger partial charge in [-0.15, -0.1) is 0 Å². The van der Waals surface area contributed by atoms with Crippen LogP contribution in [-0.2, 0) is 4.79 Å². The highest BCUT2D eigenvalue weighted by molar-refractivity contribution is 5.66.